The second-order valence-electron chi connectivity index (χ2n) is 4.60. The Balaban J connectivity index is 2.05. The molecular weight excluding hydrogens is 329 g/mol. The first-order chi connectivity index (χ1) is 11.1. The average Bonchev–Trinajstić information content (AvgIpc) is 2.56. The highest BCUT2D eigenvalue weighted by atomic mass is 32.7. The number of benzene rings is 2. The predicted octanol–water partition coefficient (Wildman–Crippen LogP) is 3.90. The molecule has 122 valence electrons. The van der Waals surface area contributed by atoms with Crippen molar-refractivity contribution in [2.24, 2.45) is 11.6 Å². The zero-order valence-electron chi connectivity index (χ0n) is 12.8. The number of anilines is 1. The van der Waals surface area contributed by atoms with Crippen LogP contribution in [0.2, 0.25) is 0 Å². The summed E-state index contributed by atoms with van der Waals surface area (Å²) in [5.41, 5.74) is 8.36. The molecule has 0 aliphatic carbocycles. The molecule has 0 fully saturated rings. The lowest BCUT2D eigenvalue weighted by molar-refractivity contribution is 0.347. The summed E-state index contributed by atoms with van der Waals surface area (Å²) in [6.07, 6.45) is 1.68. The van der Waals surface area contributed by atoms with Gasteiger partial charge in [-0.15, -0.1) is 0 Å². The number of hydrogen-bond donors (Lipinski definition) is 3. The van der Waals surface area contributed by atoms with E-state index < -0.39 is 7.58 Å². The number of rotatable bonds is 7. The van der Waals surface area contributed by atoms with Crippen molar-refractivity contribution in [3.63, 3.8) is 0 Å². The molecule has 0 amide bonds. The van der Waals surface area contributed by atoms with Gasteiger partial charge in [0, 0.05) is 6.20 Å². The third-order valence-corrected chi connectivity index (χ3v) is 4.38. The van der Waals surface area contributed by atoms with Crippen LogP contribution in [0.15, 0.2) is 60.8 Å². The zero-order valence-corrected chi connectivity index (χ0v) is 14.6. The largest absolute Gasteiger partial charge is 0.440 e. The first-order valence-electron chi connectivity index (χ1n) is 7.06. The maximum absolute atomic E-state index is 6.10. The van der Waals surface area contributed by atoms with Gasteiger partial charge >= 0.3 is 0 Å². The molecule has 5 nitrogen and oxygen atoms in total. The van der Waals surface area contributed by atoms with E-state index in [1.54, 1.807) is 6.20 Å². The fourth-order valence-electron chi connectivity index (χ4n) is 1.83. The molecule has 0 saturated heterocycles. The molecule has 23 heavy (non-hydrogen) atoms. The van der Waals surface area contributed by atoms with Crippen LogP contribution in [0.4, 0.5) is 5.69 Å². The molecule has 0 saturated carbocycles. The summed E-state index contributed by atoms with van der Waals surface area (Å²) in [6.45, 7) is 2.46. The molecule has 2 rings (SSSR count). The summed E-state index contributed by atoms with van der Waals surface area (Å²) in [6, 6.07) is 17.0. The molecule has 7 heteroatoms. The first kappa shape index (κ1) is 17.6. The van der Waals surface area contributed by atoms with Crippen molar-refractivity contribution < 1.29 is 9.05 Å². The Hall–Kier alpha value is -1.72. The van der Waals surface area contributed by atoms with E-state index in [1.807, 2.05) is 61.5 Å². The van der Waals surface area contributed by atoms with Crippen LogP contribution in [0.5, 0.6) is 5.75 Å². The van der Waals surface area contributed by atoms with Gasteiger partial charge in [0.15, 0.2) is 0 Å². The van der Waals surface area contributed by atoms with Gasteiger partial charge in [-0.2, -0.15) is 0 Å². The summed E-state index contributed by atoms with van der Waals surface area (Å²) < 4.78 is 10.8. The molecule has 0 heterocycles. The van der Waals surface area contributed by atoms with E-state index in [1.165, 1.54) is 5.01 Å². The van der Waals surface area contributed by atoms with E-state index >= 15 is 0 Å². The predicted molar refractivity (Wildman–Crippen MR) is 99.9 cm³/mol. The molecule has 0 spiro atoms. The maximum atomic E-state index is 6.10. The van der Waals surface area contributed by atoms with Crippen LogP contribution < -0.4 is 21.1 Å². The highest BCUT2D eigenvalue weighted by Crippen LogP contribution is 2.43. The van der Waals surface area contributed by atoms with Crippen molar-refractivity contribution in [2.75, 3.05) is 11.6 Å². The number of para-hydroxylation sites is 1. The zero-order chi connectivity index (χ0) is 16.7. The van der Waals surface area contributed by atoms with Crippen LogP contribution in [0.3, 0.4) is 0 Å². The van der Waals surface area contributed by atoms with E-state index in [4.69, 9.17) is 20.6 Å². The van der Waals surface area contributed by atoms with Gasteiger partial charge in [-0.3, -0.25) is 5.01 Å². The highest BCUT2D eigenvalue weighted by Gasteiger charge is 2.06. The standard InChI is InChI=1S/C16H20N3O2PS/c1-2-20-22(23)21-15-10-8-13(9-11-15)16(17)12-19(18)14-6-4-3-5-7-14/h3-12,23H,2,17-18H2,1H3/b16-12-. The lowest BCUT2D eigenvalue weighted by Crippen LogP contribution is -2.25. The summed E-state index contributed by atoms with van der Waals surface area (Å²) in [7, 11) is -1.21. The van der Waals surface area contributed by atoms with Crippen LogP contribution in [0.25, 0.3) is 5.70 Å². The minimum absolute atomic E-state index is 0.556. The van der Waals surface area contributed by atoms with Gasteiger partial charge in [-0.1, -0.05) is 30.4 Å². The van der Waals surface area contributed by atoms with Gasteiger partial charge < -0.3 is 14.8 Å². The third kappa shape index (κ3) is 5.44. The fourth-order valence-corrected chi connectivity index (χ4v) is 3.04. The Morgan fingerprint density at radius 1 is 1.17 bits per heavy atom. The lowest BCUT2D eigenvalue weighted by atomic mass is 10.1. The number of nitrogens with two attached hydrogens (primary N) is 2. The van der Waals surface area contributed by atoms with E-state index in [2.05, 4.69) is 12.2 Å². The Bertz CT molecular complexity index is 638. The van der Waals surface area contributed by atoms with Crippen molar-refractivity contribution in [1.29, 1.82) is 0 Å². The monoisotopic (exact) mass is 349 g/mol. The van der Waals surface area contributed by atoms with Gasteiger partial charge in [-0.05, 0) is 48.9 Å². The Morgan fingerprint density at radius 2 is 1.83 bits per heavy atom. The Kier molecular flexibility index (Phi) is 6.74. The highest BCUT2D eigenvalue weighted by molar-refractivity contribution is 8.42. The van der Waals surface area contributed by atoms with E-state index in [9.17, 15) is 0 Å². The van der Waals surface area contributed by atoms with E-state index in [-0.39, 0.29) is 0 Å². The van der Waals surface area contributed by atoms with Gasteiger partial charge in [0.25, 0.3) is 7.58 Å². The first-order valence-corrected chi connectivity index (χ1v) is 9.39. The van der Waals surface area contributed by atoms with Crippen molar-refractivity contribution in [1.82, 2.24) is 0 Å². The third-order valence-electron chi connectivity index (χ3n) is 2.94. The van der Waals surface area contributed by atoms with Crippen molar-refractivity contribution in [2.45, 2.75) is 6.92 Å². The topological polar surface area (TPSA) is 73.7 Å². The maximum Gasteiger partial charge on any atom is 0.295 e. The minimum Gasteiger partial charge on any atom is -0.440 e. The molecular formula is C16H20N3O2PS. The lowest BCUT2D eigenvalue weighted by Gasteiger charge is -2.15. The summed E-state index contributed by atoms with van der Waals surface area (Å²) in [5, 5.41) is 1.49. The van der Waals surface area contributed by atoms with Crippen molar-refractivity contribution in [3.05, 3.63) is 66.4 Å². The van der Waals surface area contributed by atoms with Crippen LogP contribution in [0.1, 0.15) is 12.5 Å². The number of hydrazine groups is 1. The molecule has 1 atom stereocenters. The van der Waals surface area contributed by atoms with E-state index in [0.29, 0.717) is 18.1 Å². The van der Waals surface area contributed by atoms with Gasteiger partial charge in [0.2, 0.25) is 0 Å². The van der Waals surface area contributed by atoms with Crippen molar-refractivity contribution >= 4 is 31.2 Å². The van der Waals surface area contributed by atoms with Gasteiger partial charge in [0.05, 0.1) is 18.0 Å². The molecule has 1 unspecified atom stereocenters. The van der Waals surface area contributed by atoms with Gasteiger partial charge in [0.1, 0.15) is 5.75 Å². The van der Waals surface area contributed by atoms with Gasteiger partial charge in [-0.25, -0.2) is 5.84 Å². The summed E-state index contributed by atoms with van der Waals surface area (Å²) in [5.74, 6) is 6.67. The number of hydrogen-bond acceptors (Lipinski definition) is 6. The minimum atomic E-state index is -1.21. The molecule has 4 N–H and O–H groups in total. The number of nitrogens with zero attached hydrogens (tertiary/aromatic N) is 1. The van der Waals surface area contributed by atoms with Crippen LogP contribution in [0, 0.1) is 0 Å². The van der Waals surface area contributed by atoms with Crippen LogP contribution in [-0.2, 0) is 4.52 Å². The molecule has 2 aromatic carbocycles. The fraction of sp³-hybridized carbons (Fsp3) is 0.125. The molecule has 0 radical (unpaired) electrons. The molecule has 0 aliphatic heterocycles. The normalized spacial score (nSPS) is 12.7. The number of thiol groups is 1. The molecule has 0 aromatic heterocycles. The summed E-state index contributed by atoms with van der Waals surface area (Å²) >= 11 is 4.23. The van der Waals surface area contributed by atoms with Crippen LogP contribution in [-0.4, -0.2) is 6.61 Å². The van der Waals surface area contributed by atoms with E-state index in [0.717, 1.165) is 11.3 Å². The second-order valence-corrected chi connectivity index (χ2v) is 6.49. The summed E-state index contributed by atoms with van der Waals surface area (Å²) in [4.78, 5) is 0. The average molecular weight is 349 g/mol. The van der Waals surface area contributed by atoms with Crippen molar-refractivity contribution in [3.8, 4) is 5.75 Å². The SMILES string of the molecule is CCOP(S)Oc1ccc(/C(N)=C/N(N)c2ccccc2)cc1. The molecule has 0 aliphatic rings. The van der Waals surface area contributed by atoms with Crippen LogP contribution >= 0.6 is 19.8 Å². The second kappa shape index (κ2) is 8.79. The molecule has 0 bridgehead atoms. The quantitative estimate of drug-likeness (QED) is 0.306. The Labute approximate surface area is 142 Å². The Morgan fingerprint density at radius 3 is 2.43 bits per heavy atom. The molecule has 2 aromatic rings. The smallest absolute Gasteiger partial charge is 0.295 e.